The highest BCUT2D eigenvalue weighted by atomic mass is 35.5. The van der Waals surface area contributed by atoms with Crippen LogP contribution in [0.2, 0.25) is 5.15 Å². The van der Waals surface area contributed by atoms with Gasteiger partial charge in [0.1, 0.15) is 17.0 Å². The molecule has 98 valence electrons. The molecule has 0 saturated carbocycles. The summed E-state index contributed by atoms with van der Waals surface area (Å²) in [5.41, 5.74) is 3.62. The van der Waals surface area contributed by atoms with Gasteiger partial charge in [0.25, 0.3) is 0 Å². The monoisotopic (exact) mass is 275 g/mol. The molecule has 0 radical (unpaired) electrons. The van der Waals surface area contributed by atoms with E-state index in [1.165, 1.54) is 0 Å². The number of nitrogens with zero attached hydrogens (tertiary/aromatic N) is 4. The lowest BCUT2D eigenvalue weighted by atomic mass is 10.2. The second-order valence-electron chi connectivity index (χ2n) is 4.39. The van der Waals surface area contributed by atoms with Crippen molar-refractivity contribution in [2.24, 2.45) is 7.05 Å². The normalized spacial score (nSPS) is 11.3. The highest BCUT2D eigenvalue weighted by molar-refractivity contribution is 6.32. The number of aryl methyl sites for hydroxylation is 1. The molecular formula is C13H14ClN5. The van der Waals surface area contributed by atoms with Crippen LogP contribution in [0.3, 0.4) is 0 Å². The fourth-order valence-electron chi connectivity index (χ4n) is 2.24. The molecule has 1 N–H and O–H groups in total. The van der Waals surface area contributed by atoms with Crippen molar-refractivity contribution in [3.63, 3.8) is 0 Å². The van der Waals surface area contributed by atoms with Crippen LogP contribution in [0.25, 0.3) is 17.0 Å². The summed E-state index contributed by atoms with van der Waals surface area (Å²) in [6.07, 6.45) is 3.94. The lowest BCUT2D eigenvalue weighted by Gasteiger charge is -2.02. The molecule has 0 atom stereocenters. The largest absolute Gasteiger partial charge is 0.316 e. The van der Waals surface area contributed by atoms with Crippen molar-refractivity contribution in [1.29, 1.82) is 0 Å². The van der Waals surface area contributed by atoms with E-state index in [9.17, 15) is 0 Å². The van der Waals surface area contributed by atoms with E-state index in [2.05, 4.69) is 15.4 Å². The molecule has 0 aromatic carbocycles. The van der Waals surface area contributed by atoms with Crippen LogP contribution in [0.15, 0.2) is 30.6 Å². The van der Waals surface area contributed by atoms with Crippen LogP contribution in [-0.4, -0.2) is 26.2 Å². The van der Waals surface area contributed by atoms with E-state index in [1.807, 2.05) is 49.1 Å². The van der Waals surface area contributed by atoms with Crippen LogP contribution >= 0.6 is 11.6 Å². The van der Waals surface area contributed by atoms with Gasteiger partial charge in [0.05, 0.1) is 0 Å². The average molecular weight is 276 g/mol. The first-order valence-corrected chi connectivity index (χ1v) is 6.38. The zero-order valence-corrected chi connectivity index (χ0v) is 11.5. The van der Waals surface area contributed by atoms with Crippen molar-refractivity contribution in [2.45, 2.75) is 6.54 Å². The first kappa shape index (κ1) is 12.2. The summed E-state index contributed by atoms with van der Waals surface area (Å²) in [5, 5.41) is 8.13. The summed E-state index contributed by atoms with van der Waals surface area (Å²) >= 11 is 6.28. The van der Waals surface area contributed by atoms with Gasteiger partial charge in [-0.3, -0.25) is 9.08 Å². The summed E-state index contributed by atoms with van der Waals surface area (Å²) in [4.78, 5) is 4.36. The molecule has 0 amide bonds. The molecule has 0 aliphatic heterocycles. The summed E-state index contributed by atoms with van der Waals surface area (Å²) in [6.45, 7) is 0.736. The number of fused-ring (bicyclic) bond motifs is 1. The van der Waals surface area contributed by atoms with E-state index >= 15 is 0 Å². The highest BCUT2D eigenvalue weighted by Crippen LogP contribution is 2.29. The SMILES string of the molecule is CNCc1cn(C)nc1-c1c(Cl)nc2ccccn12. The van der Waals surface area contributed by atoms with Crippen LogP contribution in [0, 0.1) is 0 Å². The topological polar surface area (TPSA) is 47.2 Å². The van der Waals surface area contributed by atoms with Crippen molar-refractivity contribution in [3.05, 3.63) is 41.3 Å². The maximum atomic E-state index is 6.28. The molecule has 3 heterocycles. The van der Waals surface area contributed by atoms with Gasteiger partial charge < -0.3 is 5.32 Å². The van der Waals surface area contributed by atoms with Gasteiger partial charge in [-0.15, -0.1) is 0 Å². The maximum absolute atomic E-state index is 6.28. The molecule has 0 aliphatic carbocycles. The van der Waals surface area contributed by atoms with E-state index in [0.29, 0.717) is 5.15 Å². The fraction of sp³-hybridized carbons (Fsp3) is 0.231. The molecule has 5 nitrogen and oxygen atoms in total. The summed E-state index contributed by atoms with van der Waals surface area (Å²) in [6, 6.07) is 5.82. The molecule has 0 spiro atoms. The van der Waals surface area contributed by atoms with Crippen molar-refractivity contribution < 1.29 is 0 Å². The number of pyridine rings is 1. The molecular weight excluding hydrogens is 262 g/mol. The Kier molecular flexibility index (Phi) is 3.00. The molecule has 0 aliphatic rings. The molecule has 3 aromatic heterocycles. The van der Waals surface area contributed by atoms with Crippen LogP contribution < -0.4 is 5.32 Å². The predicted octanol–water partition coefficient (Wildman–Crippen LogP) is 2.11. The van der Waals surface area contributed by atoms with Gasteiger partial charge in [-0.05, 0) is 19.2 Å². The van der Waals surface area contributed by atoms with Gasteiger partial charge in [-0.1, -0.05) is 17.7 Å². The predicted molar refractivity (Wildman–Crippen MR) is 75.2 cm³/mol. The van der Waals surface area contributed by atoms with E-state index in [4.69, 9.17) is 11.6 Å². The van der Waals surface area contributed by atoms with Gasteiger partial charge in [0, 0.05) is 31.5 Å². The second-order valence-corrected chi connectivity index (χ2v) is 4.75. The van der Waals surface area contributed by atoms with Crippen LogP contribution in [0.5, 0.6) is 0 Å². The zero-order chi connectivity index (χ0) is 13.4. The van der Waals surface area contributed by atoms with Gasteiger partial charge in [-0.2, -0.15) is 5.10 Å². The van der Waals surface area contributed by atoms with E-state index < -0.39 is 0 Å². The molecule has 3 rings (SSSR count). The number of halogens is 1. The molecule has 0 unspecified atom stereocenters. The van der Waals surface area contributed by atoms with Crippen LogP contribution in [0.4, 0.5) is 0 Å². The second kappa shape index (κ2) is 4.68. The first-order chi connectivity index (χ1) is 9.20. The number of hydrogen-bond acceptors (Lipinski definition) is 3. The first-order valence-electron chi connectivity index (χ1n) is 6.01. The van der Waals surface area contributed by atoms with E-state index in [-0.39, 0.29) is 0 Å². The van der Waals surface area contributed by atoms with Crippen molar-refractivity contribution in [2.75, 3.05) is 7.05 Å². The quantitative estimate of drug-likeness (QED) is 0.796. The standard InChI is InChI=1S/C13H14ClN5/c1-15-7-9-8-18(2)17-11(9)12-13(14)16-10-5-3-4-6-19(10)12/h3-6,8,15H,7H2,1-2H3. The Hall–Kier alpha value is -1.85. The highest BCUT2D eigenvalue weighted by Gasteiger charge is 2.18. The third-order valence-electron chi connectivity index (χ3n) is 2.98. The third kappa shape index (κ3) is 2.01. The zero-order valence-electron chi connectivity index (χ0n) is 10.8. The minimum Gasteiger partial charge on any atom is -0.316 e. The molecule has 6 heteroatoms. The number of nitrogens with one attached hydrogen (secondary N) is 1. The molecule has 0 fully saturated rings. The van der Waals surface area contributed by atoms with Gasteiger partial charge >= 0.3 is 0 Å². The average Bonchev–Trinajstić information content (AvgIpc) is 2.89. The molecule has 0 bridgehead atoms. The Morgan fingerprint density at radius 1 is 1.37 bits per heavy atom. The summed E-state index contributed by atoms with van der Waals surface area (Å²) in [7, 11) is 3.81. The summed E-state index contributed by atoms with van der Waals surface area (Å²) in [5.74, 6) is 0. The Morgan fingerprint density at radius 2 is 2.21 bits per heavy atom. The molecule has 19 heavy (non-hydrogen) atoms. The Balaban J connectivity index is 2.26. The lowest BCUT2D eigenvalue weighted by molar-refractivity contribution is 0.765. The minimum atomic E-state index is 0.474. The van der Waals surface area contributed by atoms with E-state index in [0.717, 1.165) is 29.1 Å². The lowest BCUT2D eigenvalue weighted by Crippen LogP contribution is -2.05. The number of hydrogen-bond donors (Lipinski definition) is 1. The van der Waals surface area contributed by atoms with Crippen LogP contribution in [-0.2, 0) is 13.6 Å². The third-order valence-corrected chi connectivity index (χ3v) is 3.25. The van der Waals surface area contributed by atoms with Gasteiger partial charge in [0.15, 0.2) is 5.15 Å². The van der Waals surface area contributed by atoms with Crippen molar-refractivity contribution in [1.82, 2.24) is 24.5 Å². The smallest absolute Gasteiger partial charge is 0.157 e. The Morgan fingerprint density at radius 3 is 3.00 bits per heavy atom. The number of aromatic nitrogens is 4. The fourth-order valence-corrected chi connectivity index (χ4v) is 2.50. The Labute approximate surface area is 115 Å². The molecule has 3 aromatic rings. The van der Waals surface area contributed by atoms with E-state index in [1.54, 1.807) is 4.68 Å². The van der Waals surface area contributed by atoms with Crippen molar-refractivity contribution in [3.8, 4) is 11.4 Å². The van der Waals surface area contributed by atoms with Crippen LogP contribution in [0.1, 0.15) is 5.56 Å². The molecule has 0 saturated heterocycles. The number of imidazole rings is 1. The summed E-state index contributed by atoms with van der Waals surface area (Å²) < 4.78 is 3.75. The Bertz CT molecular complexity index is 728. The van der Waals surface area contributed by atoms with Gasteiger partial charge in [0.2, 0.25) is 0 Å². The van der Waals surface area contributed by atoms with Gasteiger partial charge in [-0.25, -0.2) is 4.98 Å². The van der Waals surface area contributed by atoms with Crippen molar-refractivity contribution >= 4 is 17.2 Å². The maximum Gasteiger partial charge on any atom is 0.157 e. The number of rotatable bonds is 3. The minimum absolute atomic E-state index is 0.474.